The van der Waals surface area contributed by atoms with Gasteiger partial charge in [0.2, 0.25) is 0 Å². The lowest BCUT2D eigenvalue weighted by Gasteiger charge is -2.07. The topological polar surface area (TPSA) is 38.3 Å². The minimum Gasteiger partial charge on any atom is -0.484 e. The summed E-state index contributed by atoms with van der Waals surface area (Å²) in [5.41, 5.74) is 1.20. The number of carbonyl (C=O) groups excluding carboxylic acids is 1. The number of hydrogen-bond acceptors (Lipinski definition) is 2. The van der Waals surface area contributed by atoms with Crippen molar-refractivity contribution in [3.63, 3.8) is 0 Å². The van der Waals surface area contributed by atoms with Crippen molar-refractivity contribution in [1.82, 2.24) is 5.32 Å². The van der Waals surface area contributed by atoms with Crippen LogP contribution in [0.5, 0.6) is 5.75 Å². The van der Waals surface area contributed by atoms with Gasteiger partial charge in [0, 0.05) is 16.6 Å². The Morgan fingerprint density at radius 2 is 1.55 bits per heavy atom. The molecule has 0 unspecified atom stereocenters. The first-order valence-electron chi connectivity index (χ1n) is 7.03. The van der Waals surface area contributed by atoms with E-state index in [1.165, 1.54) is 5.56 Å². The maximum absolute atomic E-state index is 11.7. The third-order valence-corrected chi connectivity index (χ3v) is 3.57. The highest BCUT2D eigenvalue weighted by molar-refractivity contribution is 6.30. The van der Waals surface area contributed by atoms with Crippen molar-refractivity contribution < 1.29 is 9.53 Å². The minimum atomic E-state index is -0.133. The zero-order valence-electron chi connectivity index (χ0n) is 12.0. The van der Waals surface area contributed by atoms with E-state index in [1.54, 1.807) is 24.3 Å². The van der Waals surface area contributed by atoms with Crippen molar-refractivity contribution in [1.29, 1.82) is 0 Å². The van der Waals surface area contributed by atoms with E-state index in [2.05, 4.69) is 5.32 Å². The highest BCUT2D eigenvalue weighted by Crippen LogP contribution is 2.15. The summed E-state index contributed by atoms with van der Waals surface area (Å²) in [5.74, 6) is 0.492. The zero-order chi connectivity index (χ0) is 15.8. The molecular weight excluding hydrogens is 321 g/mol. The molecule has 1 amide bonds. The Morgan fingerprint density at radius 3 is 2.18 bits per heavy atom. The van der Waals surface area contributed by atoms with Crippen LogP contribution in [0, 0.1) is 0 Å². The lowest BCUT2D eigenvalue weighted by atomic mass is 10.1. The number of amides is 1. The van der Waals surface area contributed by atoms with Gasteiger partial charge in [-0.15, -0.1) is 0 Å². The number of hydrogen-bond donors (Lipinski definition) is 1. The lowest BCUT2D eigenvalue weighted by Crippen LogP contribution is -2.29. The number of halogens is 2. The molecule has 0 radical (unpaired) electrons. The van der Waals surface area contributed by atoms with Crippen LogP contribution in [0.2, 0.25) is 10.0 Å². The van der Waals surface area contributed by atoms with Crippen LogP contribution < -0.4 is 10.1 Å². The highest BCUT2D eigenvalue weighted by atomic mass is 35.5. The van der Waals surface area contributed by atoms with Gasteiger partial charge < -0.3 is 10.1 Å². The molecule has 0 aliphatic carbocycles. The van der Waals surface area contributed by atoms with E-state index in [0.717, 1.165) is 17.9 Å². The molecule has 0 fully saturated rings. The molecule has 0 saturated heterocycles. The van der Waals surface area contributed by atoms with Crippen molar-refractivity contribution in [3.05, 3.63) is 64.1 Å². The van der Waals surface area contributed by atoms with Crippen LogP contribution in [0.3, 0.4) is 0 Å². The molecule has 22 heavy (non-hydrogen) atoms. The van der Waals surface area contributed by atoms with Crippen LogP contribution in [0.15, 0.2) is 48.5 Å². The molecule has 0 aromatic heterocycles. The van der Waals surface area contributed by atoms with E-state index in [4.69, 9.17) is 27.9 Å². The first kappa shape index (κ1) is 16.7. The second-order valence-corrected chi connectivity index (χ2v) is 5.70. The first-order valence-corrected chi connectivity index (χ1v) is 7.78. The summed E-state index contributed by atoms with van der Waals surface area (Å²) >= 11 is 11.6. The fourth-order valence-corrected chi connectivity index (χ4v) is 2.15. The maximum atomic E-state index is 11.7. The van der Waals surface area contributed by atoms with E-state index >= 15 is 0 Å². The molecule has 2 aromatic rings. The average molecular weight is 338 g/mol. The predicted octanol–water partition coefficient (Wildman–Crippen LogP) is 4.12. The van der Waals surface area contributed by atoms with Gasteiger partial charge in [-0.1, -0.05) is 35.3 Å². The van der Waals surface area contributed by atoms with Gasteiger partial charge in [0.05, 0.1) is 0 Å². The summed E-state index contributed by atoms with van der Waals surface area (Å²) in [4.78, 5) is 11.7. The van der Waals surface area contributed by atoms with Crippen LogP contribution in [-0.2, 0) is 11.2 Å². The normalized spacial score (nSPS) is 10.3. The summed E-state index contributed by atoms with van der Waals surface area (Å²) in [7, 11) is 0. The number of ether oxygens (including phenoxy) is 1. The Balaban J connectivity index is 1.61. The van der Waals surface area contributed by atoms with Gasteiger partial charge in [0.15, 0.2) is 6.61 Å². The molecule has 2 rings (SSSR count). The van der Waals surface area contributed by atoms with Crippen LogP contribution in [0.25, 0.3) is 0 Å². The van der Waals surface area contributed by atoms with Gasteiger partial charge >= 0.3 is 0 Å². The number of aryl methyl sites for hydroxylation is 1. The Labute approximate surface area is 140 Å². The summed E-state index contributed by atoms with van der Waals surface area (Å²) in [6, 6.07) is 14.6. The van der Waals surface area contributed by atoms with Crippen molar-refractivity contribution in [3.8, 4) is 5.75 Å². The molecule has 0 aliphatic rings. The average Bonchev–Trinajstić information content (AvgIpc) is 2.53. The van der Waals surface area contributed by atoms with Gasteiger partial charge in [0.25, 0.3) is 5.91 Å². The summed E-state index contributed by atoms with van der Waals surface area (Å²) < 4.78 is 5.37. The predicted molar refractivity (Wildman–Crippen MR) is 89.7 cm³/mol. The molecule has 116 valence electrons. The summed E-state index contributed by atoms with van der Waals surface area (Å²) in [5, 5.41) is 4.20. The Morgan fingerprint density at radius 1 is 0.955 bits per heavy atom. The van der Waals surface area contributed by atoms with Gasteiger partial charge in [-0.05, 0) is 54.8 Å². The standard InChI is InChI=1S/C17H17Cl2NO2/c18-14-5-3-13(4-6-14)2-1-11-20-17(21)12-22-16-9-7-15(19)8-10-16/h3-10H,1-2,11-12H2,(H,20,21). The van der Waals surface area contributed by atoms with Crippen molar-refractivity contribution in [2.24, 2.45) is 0 Å². The molecule has 0 heterocycles. The molecular formula is C17H17Cl2NO2. The minimum absolute atomic E-state index is 0.00256. The molecule has 0 bridgehead atoms. The van der Waals surface area contributed by atoms with Crippen molar-refractivity contribution >= 4 is 29.1 Å². The third-order valence-electron chi connectivity index (χ3n) is 3.06. The van der Waals surface area contributed by atoms with Crippen LogP contribution >= 0.6 is 23.2 Å². The van der Waals surface area contributed by atoms with Gasteiger partial charge in [-0.3, -0.25) is 4.79 Å². The molecule has 2 aromatic carbocycles. The second-order valence-electron chi connectivity index (χ2n) is 4.82. The molecule has 0 saturated carbocycles. The van der Waals surface area contributed by atoms with Crippen molar-refractivity contribution in [2.45, 2.75) is 12.8 Å². The number of rotatable bonds is 7. The highest BCUT2D eigenvalue weighted by Gasteiger charge is 2.02. The zero-order valence-corrected chi connectivity index (χ0v) is 13.5. The fourth-order valence-electron chi connectivity index (χ4n) is 1.90. The molecule has 1 N–H and O–H groups in total. The Bertz CT molecular complexity index is 597. The largest absolute Gasteiger partial charge is 0.484 e. The molecule has 0 atom stereocenters. The van der Waals surface area contributed by atoms with E-state index in [9.17, 15) is 4.79 Å². The SMILES string of the molecule is O=C(COc1ccc(Cl)cc1)NCCCc1ccc(Cl)cc1. The molecule has 0 spiro atoms. The van der Waals surface area contributed by atoms with E-state index < -0.39 is 0 Å². The molecule has 3 nitrogen and oxygen atoms in total. The number of benzene rings is 2. The Kier molecular flexibility index (Phi) is 6.56. The summed E-state index contributed by atoms with van der Waals surface area (Å²) in [6.07, 6.45) is 1.77. The maximum Gasteiger partial charge on any atom is 0.257 e. The number of nitrogens with one attached hydrogen (secondary N) is 1. The van der Waals surface area contributed by atoms with Crippen LogP contribution in [-0.4, -0.2) is 19.1 Å². The van der Waals surface area contributed by atoms with E-state index in [0.29, 0.717) is 17.3 Å². The third kappa shape index (κ3) is 5.96. The van der Waals surface area contributed by atoms with E-state index in [-0.39, 0.29) is 12.5 Å². The van der Waals surface area contributed by atoms with Gasteiger partial charge in [0.1, 0.15) is 5.75 Å². The van der Waals surface area contributed by atoms with Crippen molar-refractivity contribution in [2.75, 3.05) is 13.2 Å². The fraction of sp³-hybridized carbons (Fsp3) is 0.235. The monoisotopic (exact) mass is 337 g/mol. The van der Waals surface area contributed by atoms with Gasteiger partial charge in [-0.25, -0.2) is 0 Å². The first-order chi connectivity index (χ1) is 10.6. The van der Waals surface area contributed by atoms with Crippen LogP contribution in [0.4, 0.5) is 0 Å². The quantitative estimate of drug-likeness (QED) is 0.771. The number of carbonyl (C=O) groups is 1. The van der Waals surface area contributed by atoms with E-state index in [1.807, 2.05) is 24.3 Å². The molecule has 5 heteroatoms. The smallest absolute Gasteiger partial charge is 0.257 e. The van der Waals surface area contributed by atoms with Crippen LogP contribution in [0.1, 0.15) is 12.0 Å². The summed E-state index contributed by atoms with van der Waals surface area (Å²) in [6.45, 7) is 0.619. The molecule has 0 aliphatic heterocycles. The Hall–Kier alpha value is -1.71. The lowest BCUT2D eigenvalue weighted by molar-refractivity contribution is -0.123. The second kappa shape index (κ2) is 8.66. The van der Waals surface area contributed by atoms with Gasteiger partial charge in [-0.2, -0.15) is 0 Å².